The molecule has 0 aliphatic rings. The lowest BCUT2D eigenvalue weighted by Crippen LogP contribution is -2.12. The number of nitrogens with zero attached hydrogens (tertiary/aromatic N) is 1. The molecule has 0 fully saturated rings. The number of fused-ring (bicyclic) bond motifs is 2. The van der Waals surface area contributed by atoms with E-state index in [-0.39, 0.29) is 0 Å². The van der Waals surface area contributed by atoms with E-state index in [1.807, 2.05) is 0 Å². The number of anilines is 3. The van der Waals surface area contributed by atoms with Crippen LogP contribution in [0.3, 0.4) is 0 Å². The maximum absolute atomic E-state index is 2.44. The Kier molecular flexibility index (Phi) is 6.11. The van der Waals surface area contributed by atoms with Crippen molar-refractivity contribution in [2.24, 2.45) is 0 Å². The van der Waals surface area contributed by atoms with Crippen molar-refractivity contribution in [3.63, 3.8) is 0 Å². The van der Waals surface area contributed by atoms with E-state index in [0.717, 1.165) is 17.1 Å². The minimum Gasteiger partial charge on any atom is -0.309 e. The second kappa shape index (κ2) is 10.2. The second-order valence-electron chi connectivity index (χ2n) is 10.3. The number of para-hydroxylation sites is 1. The van der Waals surface area contributed by atoms with E-state index in [0.29, 0.717) is 0 Å². The Morgan fingerprint density at radius 2 is 1.00 bits per heavy atom. The van der Waals surface area contributed by atoms with Crippen LogP contribution in [0.2, 0.25) is 0 Å². The Balaban J connectivity index is 1.59. The van der Waals surface area contributed by atoms with Gasteiger partial charge in [0.25, 0.3) is 0 Å². The Labute approximate surface area is 235 Å². The lowest BCUT2D eigenvalue weighted by molar-refractivity contribution is 1.28. The summed E-state index contributed by atoms with van der Waals surface area (Å²) in [7, 11) is 0. The van der Waals surface area contributed by atoms with Crippen LogP contribution >= 0.6 is 0 Å². The molecule has 7 aromatic carbocycles. The predicted octanol–water partition coefficient (Wildman–Crippen LogP) is 11.1. The molecule has 0 aliphatic heterocycles. The quantitative estimate of drug-likeness (QED) is 0.222. The first-order valence-electron chi connectivity index (χ1n) is 13.8. The number of hydrogen-bond donors (Lipinski definition) is 0. The van der Waals surface area contributed by atoms with Crippen molar-refractivity contribution in [1.82, 2.24) is 0 Å². The fourth-order valence-electron chi connectivity index (χ4n) is 5.81. The van der Waals surface area contributed by atoms with E-state index < -0.39 is 0 Å². The molecule has 0 aliphatic carbocycles. The number of aryl methyl sites for hydroxylation is 1. The van der Waals surface area contributed by atoms with Crippen molar-refractivity contribution >= 4 is 38.6 Å². The van der Waals surface area contributed by atoms with Crippen LogP contribution in [-0.2, 0) is 0 Å². The van der Waals surface area contributed by atoms with Crippen LogP contribution in [0.4, 0.5) is 17.1 Å². The fourth-order valence-corrected chi connectivity index (χ4v) is 5.81. The first-order valence-corrected chi connectivity index (χ1v) is 13.8. The highest BCUT2D eigenvalue weighted by Gasteiger charge is 2.22. The van der Waals surface area contributed by atoms with Gasteiger partial charge in [-0.15, -0.1) is 0 Å². The van der Waals surface area contributed by atoms with Gasteiger partial charge in [-0.25, -0.2) is 0 Å². The molecule has 0 saturated heterocycles. The zero-order chi connectivity index (χ0) is 26.9. The van der Waals surface area contributed by atoms with Gasteiger partial charge < -0.3 is 4.90 Å². The van der Waals surface area contributed by atoms with Crippen molar-refractivity contribution < 1.29 is 0 Å². The van der Waals surface area contributed by atoms with Crippen LogP contribution in [0.5, 0.6) is 0 Å². The van der Waals surface area contributed by atoms with Gasteiger partial charge in [-0.2, -0.15) is 0 Å². The SMILES string of the molecule is Cc1ccc(N(c2ccccc2-c2ccccc2)c2ccc3ccccc3c2-c2cccc3ccccc23)cc1. The summed E-state index contributed by atoms with van der Waals surface area (Å²) in [4.78, 5) is 2.44. The van der Waals surface area contributed by atoms with Gasteiger partial charge in [-0.05, 0) is 63.9 Å². The summed E-state index contributed by atoms with van der Waals surface area (Å²) in [6.45, 7) is 2.14. The molecule has 0 saturated carbocycles. The second-order valence-corrected chi connectivity index (χ2v) is 10.3. The molecule has 190 valence electrons. The maximum atomic E-state index is 2.44. The van der Waals surface area contributed by atoms with Gasteiger partial charge >= 0.3 is 0 Å². The Bertz CT molecular complexity index is 1950. The normalized spacial score (nSPS) is 11.1. The van der Waals surface area contributed by atoms with Crippen LogP contribution < -0.4 is 4.90 Å². The average Bonchev–Trinajstić information content (AvgIpc) is 3.02. The fraction of sp³-hybridized carbons (Fsp3) is 0.0256. The molecule has 1 nitrogen and oxygen atoms in total. The van der Waals surface area contributed by atoms with Crippen molar-refractivity contribution in [3.05, 3.63) is 163 Å². The molecule has 0 bridgehead atoms. The van der Waals surface area contributed by atoms with Gasteiger partial charge in [0, 0.05) is 16.8 Å². The topological polar surface area (TPSA) is 3.24 Å². The molecule has 0 spiro atoms. The highest BCUT2D eigenvalue weighted by Crippen LogP contribution is 2.48. The summed E-state index contributed by atoms with van der Waals surface area (Å²) < 4.78 is 0. The standard InChI is InChI=1S/C39H29N/c1-28-22-25-32(26-23-28)40(37-21-10-9-18-34(37)30-12-3-2-4-13-30)38-27-24-31-15-6-8-19-35(31)39(38)36-20-11-16-29-14-5-7-17-33(29)36/h2-27H,1H3. The minimum atomic E-state index is 1.13. The molecular formula is C39H29N. The van der Waals surface area contributed by atoms with Crippen LogP contribution in [-0.4, -0.2) is 0 Å². The molecule has 40 heavy (non-hydrogen) atoms. The van der Waals surface area contributed by atoms with Crippen LogP contribution in [0, 0.1) is 6.92 Å². The number of hydrogen-bond acceptors (Lipinski definition) is 1. The van der Waals surface area contributed by atoms with E-state index >= 15 is 0 Å². The third-order valence-corrected chi connectivity index (χ3v) is 7.73. The van der Waals surface area contributed by atoms with Gasteiger partial charge in [0.05, 0.1) is 11.4 Å². The summed E-state index contributed by atoms with van der Waals surface area (Å²) in [6, 6.07) is 56.9. The lowest BCUT2D eigenvalue weighted by Gasteiger charge is -2.31. The zero-order valence-corrected chi connectivity index (χ0v) is 22.5. The molecule has 0 amide bonds. The minimum absolute atomic E-state index is 1.13. The largest absolute Gasteiger partial charge is 0.309 e. The highest BCUT2D eigenvalue weighted by atomic mass is 15.1. The molecule has 0 N–H and O–H groups in total. The van der Waals surface area contributed by atoms with Gasteiger partial charge in [-0.1, -0.05) is 139 Å². The smallest absolute Gasteiger partial charge is 0.0546 e. The van der Waals surface area contributed by atoms with E-state index in [1.54, 1.807) is 0 Å². The van der Waals surface area contributed by atoms with Crippen molar-refractivity contribution in [2.75, 3.05) is 4.90 Å². The summed E-state index contributed by atoms with van der Waals surface area (Å²) in [5.74, 6) is 0. The molecule has 0 heterocycles. The summed E-state index contributed by atoms with van der Waals surface area (Å²) in [5, 5.41) is 4.97. The van der Waals surface area contributed by atoms with Gasteiger partial charge in [0.2, 0.25) is 0 Å². The van der Waals surface area contributed by atoms with E-state index in [9.17, 15) is 0 Å². The predicted molar refractivity (Wildman–Crippen MR) is 172 cm³/mol. The van der Waals surface area contributed by atoms with Crippen LogP contribution in [0.25, 0.3) is 43.8 Å². The van der Waals surface area contributed by atoms with Crippen LogP contribution in [0.1, 0.15) is 5.56 Å². The van der Waals surface area contributed by atoms with E-state index in [2.05, 4.69) is 170 Å². The Hall–Kier alpha value is -5.14. The average molecular weight is 512 g/mol. The third-order valence-electron chi connectivity index (χ3n) is 7.73. The summed E-state index contributed by atoms with van der Waals surface area (Å²) in [6.07, 6.45) is 0. The third kappa shape index (κ3) is 4.22. The molecule has 0 atom stereocenters. The zero-order valence-electron chi connectivity index (χ0n) is 22.5. The Morgan fingerprint density at radius 3 is 1.80 bits per heavy atom. The van der Waals surface area contributed by atoms with Gasteiger partial charge in [-0.3, -0.25) is 0 Å². The maximum Gasteiger partial charge on any atom is 0.0546 e. The van der Waals surface area contributed by atoms with E-state index in [1.165, 1.54) is 49.4 Å². The first-order chi connectivity index (χ1) is 19.8. The van der Waals surface area contributed by atoms with Crippen molar-refractivity contribution in [3.8, 4) is 22.3 Å². The first kappa shape index (κ1) is 23.9. The van der Waals surface area contributed by atoms with Crippen molar-refractivity contribution in [2.45, 2.75) is 6.92 Å². The molecule has 7 rings (SSSR count). The molecular weight excluding hydrogens is 482 g/mol. The Morgan fingerprint density at radius 1 is 0.400 bits per heavy atom. The molecule has 0 unspecified atom stereocenters. The van der Waals surface area contributed by atoms with E-state index in [4.69, 9.17) is 0 Å². The van der Waals surface area contributed by atoms with Crippen molar-refractivity contribution in [1.29, 1.82) is 0 Å². The van der Waals surface area contributed by atoms with Crippen LogP contribution in [0.15, 0.2) is 158 Å². The van der Waals surface area contributed by atoms with Gasteiger partial charge in [0.15, 0.2) is 0 Å². The highest BCUT2D eigenvalue weighted by molar-refractivity contribution is 6.11. The van der Waals surface area contributed by atoms with Gasteiger partial charge in [0.1, 0.15) is 0 Å². The number of rotatable bonds is 5. The monoisotopic (exact) mass is 511 g/mol. The lowest BCUT2D eigenvalue weighted by atomic mass is 9.91. The number of benzene rings is 7. The summed E-state index contributed by atoms with van der Waals surface area (Å²) >= 11 is 0. The summed E-state index contributed by atoms with van der Waals surface area (Å²) in [5.41, 5.74) is 9.54. The molecule has 0 aromatic heterocycles. The molecule has 7 aromatic rings. The molecule has 0 radical (unpaired) electrons. The molecule has 1 heteroatoms.